The van der Waals surface area contributed by atoms with Gasteiger partial charge in [-0.3, -0.25) is 0 Å². The summed E-state index contributed by atoms with van der Waals surface area (Å²) >= 11 is 3.53. The topological polar surface area (TPSA) is 96.2 Å². The first kappa shape index (κ1) is 20.7. The highest BCUT2D eigenvalue weighted by molar-refractivity contribution is 8.16. The molecule has 1 heterocycles. The maximum atomic E-state index is 10.9. The number of carbonyl (C=O) groups is 1. The Kier molecular flexibility index (Phi) is 6.32. The van der Waals surface area contributed by atoms with Gasteiger partial charge in [-0.2, -0.15) is 0 Å². The summed E-state index contributed by atoms with van der Waals surface area (Å²) in [4.78, 5) is 10.9. The molecule has 150 valence electrons. The minimum Gasteiger partial charge on any atom is -0.507 e. The van der Waals surface area contributed by atoms with Gasteiger partial charge in [-0.25, -0.2) is 4.79 Å². The number of aromatic hydroxyl groups is 1. The van der Waals surface area contributed by atoms with Gasteiger partial charge in [0.15, 0.2) is 0 Å². The molecular weight excluding hydrogens is 400 g/mol. The van der Waals surface area contributed by atoms with E-state index in [4.69, 9.17) is 14.6 Å². The highest BCUT2D eigenvalue weighted by Crippen LogP contribution is 2.52. The predicted molar refractivity (Wildman–Crippen MR) is 111 cm³/mol. The van der Waals surface area contributed by atoms with Gasteiger partial charge in [0.25, 0.3) is 0 Å². The quantitative estimate of drug-likeness (QED) is 0.579. The predicted octanol–water partition coefficient (Wildman–Crippen LogP) is 3.86. The van der Waals surface area contributed by atoms with Gasteiger partial charge in [-0.1, -0.05) is 6.07 Å². The van der Waals surface area contributed by atoms with Crippen LogP contribution in [-0.4, -0.2) is 47.0 Å². The summed E-state index contributed by atoms with van der Waals surface area (Å²) in [5.74, 6) is -0.479. The van der Waals surface area contributed by atoms with Crippen molar-refractivity contribution < 1.29 is 29.6 Å². The number of aromatic carboxylic acids is 1. The van der Waals surface area contributed by atoms with Crippen LogP contribution in [0.5, 0.6) is 17.2 Å². The number of rotatable bonds is 7. The number of hydrogen-bond donors (Lipinski definition) is 3. The van der Waals surface area contributed by atoms with E-state index in [0.29, 0.717) is 12.2 Å². The molecule has 1 aliphatic rings. The SMILES string of the molecule is CSC1(SC)CCOc2ccc(C(O)COc3ccc(C(=O)O)c(O)c3)cc21. The van der Waals surface area contributed by atoms with Gasteiger partial charge in [0, 0.05) is 18.1 Å². The van der Waals surface area contributed by atoms with E-state index in [2.05, 4.69) is 12.5 Å². The van der Waals surface area contributed by atoms with Crippen molar-refractivity contribution in [3.63, 3.8) is 0 Å². The Morgan fingerprint density at radius 1 is 1.25 bits per heavy atom. The molecule has 0 spiro atoms. The van der Waals surface area contributed by atoms with E-state index in [0.717, 1.165) is 17.7 Å². The minimum absolute atomic E-state index is 0.0307. The van der Waals surface area contributed by atoms with Crippen LogP contribution in [0.1, 0.15) is 34.0 Å². The van der Waals surface area contributed by atoms with Gasteiger partial charge in [0.2, 0.25) is 0 Å². The Morgan fingerprint density at radius 2 is 2.00 bits per heavy atom. The number of carboxylic acids is 1. The molecule has 3 N–H and O–H groups in total. The van der Waals surface area contributed by atoms with Crippen LogP contribution in [0.4, 0.5) is 0 Å². The Bertz CT molecular complexity index is 866. The zero-order chi connectivity index (χ0) is 20.3. The summed E-state index contributed by atoms with van der Waals surface area (Å²) in [7, 11) is 0. The summed E-state index contributed by atoms with van der Waals surface area (Å²) in [6.07, 6.45) is 4.15. The molecule has 0 bridgehead atoms. The van der Waals surface area contributed by atoms with Crippen LogP contribution in [0.15, 0.2) is 36.4 Å². The second-order valence-electron chi connectivity index (χ2n) is 6.33. The summed E-state index contributed by atoms with van der Waals surface area (Å²) in [6, 6.07) is 9.59. The third-order valence-electron chi connectivity index (χ3n) is 4.75. The minimum atomic E-state index is -1.22. The van der Waals surface area contributed by atoms with E-state index in [1.165, 1.54) is 18.2 Å². The number of thioether (sulfide) groups is 2. The third kappa shape index (κ3) is 4.04. The molecule has 0 aromatic heterocycles. The van der Waals surface area contributed by atoms with Crippen LogP contribution in [0.25, 0.3) is 0 Å². The van der Waals surface area contributed by atoms with Crippen LogP contribution in [0.3, 0.4) is 0 Å². The molecule has 0 saturated heterocycles. The molecule has 6 nitrogen and oxygen atoms in total. The van der Waals surface area contributed by atoms with Gasteiger partial charge in [-0.05, 0) is 42.3 Å². The zero-order valence-electron chi connectivity index (χ0n) is 15.5. The van der Waals surface area contributed by atoms with Gasteiger partial charge >= 0.3 is 5.97 Å². The summed E-state index contributed by atoms with van der Waals surface area (Å²) < 4.78 is 11.2. The molecule has 0 amide bonds. The maximum absolute atomic E-state index is 10.9. The number of carboxylic acid groups (broad SMARTS) is 1. The number of fused-ring (bicyclic) bond motifs is 1. The van der Waals surface area contributed by atoms with Crippen molar-refractivity contribution in [2.24, 2.45) is 0 Å². The second-order valence-corrected chi connectivity index (χ2v) is 8.79. The molecule has 1 atom stereocenters. The normalized spacial score (nSPS) is 16.0. The van der Waals surface area contributed by atoms with Crippen molar-refractivity contribution in [2.75, 3.05) is 25.7 Å². The average Bonchev–Trinajstić information content (AvgIpc) is 2.70. The van der Waals surface area contributed by atoms with Gasteiger partial charge < -0.3 is 24.8 Å². The van der Waals surface area contributed by atoms with Crippen LogP contribution in [-0.2, 0) is 4.08 Å². The molecule has 0 fully saturated rings. The van der Waals surface area contributed by atoms with Crippen molar-refractivity contribution in [2.45, 2.75) is 16.6 Å². The third-order valence-corrected chi connectivity index (χ3v) is 7.92. The first-order valence-electron chi connectivity index (χ1n) is 8.65. The van der Waals surface area contributed by atoms with Gasteiger partial charge in [0.05, 0.1) is 10.7 Å². The van der Waals surface area contributed by atoms with Crippen molar-refractivity contribution in [3.05, 3.63) is 53.1 Å². The lowest BCUT2D eigenvalue weighted by Gasteiger charge is -2.36. The van der Waals surface area contributed by atoms with E-state index in [1.807, 2.05) is 18.2 Å². The highest BCUT2D eigenvalue weighted by atomic mass is 32.2. The number of ether oxygens (including phenoxy) is 2. The Morgan fingerprint density at radius 3 is 2.64 bits per heavy atom. The van der Waals surface area contributed by atoms with Crippen molar-refractivity contribution in [1.29, 1.82) is 0 Å². The Balaban J connectivity index is 1.76. The molecule has 2 aromatic rings. The number of phenols is 1. The maximum Gasteiger partial charge on any atom is 0.339 e. The first-order valence-corrected chi connectivity index (χ1v) is 11.1. The fourth-order valence-electron chi connectivity index (χ4n) is 3.17. The van der Waals surface area contributed by atoms with E-state index in [1.54, 1.807) is 23.5 Å². The number of aliphatic hydroxyl groups excluding tert-OH is 1. The summed E-state index contributed by atoms with van der Waals surface area (Å²) in [5, 5.41) is 29.3. The average molecular weight is 423 g/mol. The van der Waals surface area contributed by atoms with Crippen LogP contribution in [0, 0.1) is 0 Å². The molecular formula is C20H22O6S2. The van der Waals surface area contributed by atoms with Gasteiger partial charge in [0.1, 0.15) is 35.5 Å². The van der Waals surface area contributed by atoms with Crippen molar-refractivity contribution in [3.8, 4) is 17.2 Å². The molecule has 28 heavy (non-hydrogen) atoms. The Labute approximate surface area is 171 Å². The van der Waals surface area contributed by atoms with E-state index < -0.39 is 12.1 Å². The molecule has 1 aliphatic heterocycles. The Hall–Kier alpha value is -2.03. The summed E-state index contributed by atoms with van der Waals surface area (Å²) in [6.45, 7) is 0.632. The standard InChI is InChI=1S/C20H22O6S2/c1-27-20(28-2)7-8-25-18-6-3-12(9-15(18)20)17(22)11-26-13-4-5-14(19(23)24)16(21)10-13/h3-6,9-10,17,21-22H,7-8,11H2,1-2H3,(H,23,24). The fourth-order valence-corrected chi connectivity index (χ4v) is 5.17. The molecule has 0 radical (unpaired) electrons. The molecule has 2 aromatic carbocycles. The zero-order valence-corrected chi connectivity index (χ0v) is 17.2. The van der Waals surface area contributed by atoms with E-state index >= 15 is 0 Å². The lowest BCUT2D eigenvalue weighted by atomic mass is 10.00. The number of benzene rings is 2. The molecule has 0 saturated carbocycles. The lowest BCUT2D eigenvalue weighted by Crippen LogP contribution is -2.26. The highest BCUT2D eigenvalue weighted by Gasteiger charge is 2.37. The molecule has 1 unspecified atom stereocenters. The number of aliphatic hydroxyl groups is 1. The first-order chi connectivity index (χ1) is 13.4. The second kappa shape index (κ2) is 8.55. The summed E-state index contributed by atoms with van der Waals surface area (Å²) in [5.41, 5.74) is 1.56. The fraction of sp³-hybridized carbons (Fsp3) is 0.350. The molecule has 8 heteroatoms. The molecule has 3 rings (SSSR count). The smallest absolute Gasteiger partial charge is 0.339 e. The van der Waals surface area contributed by atoms with E-state index in [9.17, 15) is 15.0 Å². The largest absolute Gasteiger partial charge is 0.507 e. The van der Waals surface area contributed by atoms with Crippen LogP contribution >= 0.6 is 23.5 Å². The van der Waals surface area contributed by atoms with Crippen molar-refractivity contribution >= 4 is 29.5 Å². The van der Waals surface area contributed by atoms with Crippen LogP contribution < -0.4 is 9.47 Å². The van der Waals surface area contributed by atoms with E-state index in [-0.39, 0.29) is 27.7 Å². The monoisotopic (exact) mass is 422 g/mol. The van der Waals surface area contributed by atoms with Crippen molar-refractivity contribution in [1.82, 2.24) is 0 Å². The van der Waals surface area contributed by atoms with Crippen LogP contribution in [0.2, 0.25) is 0 Å². The van der Waals surface area contributed by atoms with Gasteiger partial charge in [-0.15, -0.1) is 23.5 Å². The lowest BCUT2D eigenvalue weighted by molar-refractivity contribution is 0.0693. The molecule has 0 aliphatic carbocycles. The number of hydrogen-bond acceptors (Lipinski definition) is 7.